The van der Waals surface area contributed by atoms with Crippen LogP contribution in [0.3, 0.4) is 0 Å². The number of carbonyl (C=O) groups is 1. The van der Waals surface area contributed by atoms with Crippen molar-refractivity contribution in [2.45, 2.75) is 18.7 Å². The topological polar surface area (TPSA) is 63.7 Å². The fraction of sp³-hybridized carbons (Fsp3) is 0.136. The Bertz CT molecular complexity index is 1110. The molecule has 0 N–H and O–H groups in total. The molecule has 0 aliphatic heterocycles. The molecule has 0 heterocycles. The van der Waals surface area contributed by atoms with Crippen molar-refractivity contribution in [2.75, 3.05) is 10.9 Å². The first-order chi connectivity index (χ1) is 13.8. The third kappa shape index (κ3) is 4.44. The normalized spacial score (nSPS) is 11.1. The van der Waals surface area contributed by atoms with Crippen molar-refractivity contribution < 1.29 is 17.9 Å². The molecule has 7 heteroatoms. The van der Waals surface area contributed by atoms with Gasteiger partial charge in [-0.3, -0.25) is 4.79 Å². The Kier molecular flexibility index (Phi) is 6.25. The van der Waals surface area contributed by atoms with Gasteiger partial charge >= 0.3 is 0 Å². The molecule has 0 aliphatic carbocycles. The highest BCUT2D eigenvalue weighted by Gasteiger charge is 2.32. The maximum Gasteiger partial charge on any atom is 0.272 e. The van der Waals surface area contributed by atoms with E-state index in [2.05, 4.69) is 0 Å². The minimum absolute atomic E-state index is 0.0299. The van der Waals surface area contributed by atoms with Crippen LogP contribution >= 0.6 is 11.6 Å². The Balaban J connectivity index is 2.14. The number of amides is 1. The smallest absolute Gasteiger partial charge is 0.272 e. The van der Waals surface area contributed by atoms with Crippen LogP contribution in [-0.2, 0) is 10.0 Å². The number of halogens is 1. The van der Waals surface area contributed by atoms with Crippen molar-refractivity contribution in [3.05, 3.63) is 88.9 Å². The van der Waals surface area contributed by atoms with Crippen molar-refractivity contribution in [3.8, 4) is 5.75 Å². The number of nitrogens with zero attached hydrogens (tertiary/aromatic N) is 1. The first-order valence-corrected chi connectivity index (χ1v) is 10.8. The minimum Gasteiger partial charge on any atom is -0.494 e. The van der Waals surface area contributed by atoms with Gasteiger partial charge in [0.2, 0.25) is 0 Å². The van der Waals surface area contributed by atoms with Crippen LogP contribution in [0, 0.1) is 6.92 Å². The van der Waals surface area contributed by atoms with E-state index < -0.39 is 15.9 Å². The van der Waals surface area contributed by atoms with E-state index >= 15 is 0 Å². The van der Waals surface area contributed by atoms with E-state index in [-0.39, 0.29) is 10.6 Å². The number of carbonyl (C=O) groups excluding carboxylic acids is 1. The number of anilines is 1. The van der Waals surface area contributed by atoms with Crippen molar-refractivity contribution in [1.82, 2.24) is 0 Å². The van der Waals surface area contributed by atoms with Gasteiger partial charge in [-0.15, -0.1) is 0 Å². The van der Waals surface area contributed by atoms with Crippen LogP contribution in [0.2, 0.25) is 5.02 Å². The van der Waals surface area contributed by atoms with E-state index in [4.69, 9.17) is 16.3 Å². The Hall–Kier alpha value is -2.83. The molecule has 0 spiro atoms. The molecule has 1 amide bonds. The highest BCUT2D eigenvalue weighted by molar-refractivity contribution is 7.93. The van der Waals surface area contributed by atoms with E-state index in [0.29, 0.717) is 28.5 Å². The molecule has 0 saturated heterocycles. The number of benzene rings is 3. The third-order valence-electron chi connectivity index (χ3n) is 4.29. The van der Waals surface area contributed by atoms with Crippen molar-refractivity contribution in [3.63, 3.8) is 0 Å². The average Bonchev–Trinajstić information content (AvgIpc) is 2.70. The minimum atomic E-state index is -4.18. The molecular weight excluding hydrogens is 410 g/mol. The Morgan fingerprint density at radius 1 is 0.966 bits per heavy atom. The molecule has 3 aromatic carbocycles. The lowest BCUT2D eigenvalue weighted by Crippen LogP contribution is -2.37. The number of hydrogen-bond donors (Lipinski definition) is 0. The van der Waals surface area contributed by atoms with Crippen LogP contribution in [0.25, 0.3) is 0 Å². The molecule has 29 heavy (non-hydrogen) atoms. The van der Waals surface area contributed by atoms with Gasteiger partial charge < -0.3 is 4.74 Å². The third-order valence-corrected chi connectivity index (χ3v) is 6.27. The van der Waals surface area contributed by atoms with Gasteiger partial charge in [-0.25, -0.2) is 8.42 Å². The predicted octanol–water partition coefficient (Wildman–Crippen LogP) is 5.08. The molecule has 0 saturated carbocycles. The van der Waals surface area contributed by atoms with Gasteiger partial charge in [0.05, 0.1) is 17.2 Å². The van der Waals surface area contributed by atoms with E-state index in [9.17, 15) is 13.2 Å². The zero-order valence-corrected chi connectivity index (χ0v) is 17.6. The molecule has 0 radical (unpaired) electrons. The summed E-state index contributed by atoms with van der Waals surface area (Å²) in [6.45, 7) is 4.10. The molecule has 5 nitrogen and oxygen atoms in total. The van der Waals surface area contributed by atoms with Crippen molar-refractivity contribution in [1.29, 1.82) is 0 Å². The van der Waals surface area contributed by atoms with Gasteiger partial charge in [-0.1, -0.05) is 29.8 Å². The molecule has 3 aromatic rings. The van der Waals surface area contributed by atoms with Crippen LogP contribution in [0.4, 0.5) is 5.69 Å². The van der Waals surface area contributed by atoms with Crippen LogP contribution in [-0.4, -0.2) is 20.9 Å². The first kappa shape index (κ1) is 20.9. The summed E-state index contributed by atoms with van der Waals surface area (Å²) in [6.07, 6.45) is 0. The fourth-order valence-electron chi connectivity index (χ4n) is 2.84. The first-order valence-electron chi connectivity index (χ1n) is 8.98. The lowest BCUT2D eigenvalue weighted by molar-refractivity contribution is 0.100. The second kappa shape index (κ2) is 8.68. The van der Waals surface area contributed by atoms with Crippen LogP contribution < -0.4 is 9.04 Å². The number of hydrogen-bond acceptors (Lipinski definition) is 4. The van der Waals surface area contributed by atoms with E-state index in [0.717, 1.165) is 4.31 Å². The molecule has 3 rings (SSSR count). The quantitative estimate of drug-likeness (QED) is 0.548. The number of ether oxygens (including phenoxy) is 1. The molecule has 0 aromatic heterocycles. The van der Waals surface area contributed by atoms with Crippen LogP contribution in [0.5, 0.6) is 5.75 Å². The molecule has 0 atom stereocenters. The molecule has 0 unspecified atom stereocenters. The summed E-state index contributed by atoms with van der Waals surface area (Å²) in [5, 5.41) is 0.404. The second-order valence-corrected chi connectivity index (χ2v) is 8.49. The van der Waals surface area contributed by atoms with Gasteiger partial charge in [-0.2, -0.15) is 4.31 Å². The zero-order chi connectivity index (χ0) is 21.0. The lowest BCUT2D eigenvalue weighted by atomic mass is 10.1. The van der Waals surface area contributed by atoms with Gasteiger partial charge in [0.15, 0.2) is 0 Å². The maximum absolute atomic E-state index is 13.4. The molecule has 0 bridgehead atoms. The standard InChI is InChI=1S/C22H20ClNO4S/c1-3-28-19-12-10-18(11-13-19)24(22(25)21-7-5-4-6-16(21)2)29(26,27)20-14-8-17(23)9-15-20/h4-15H,3H2,1-2H3. The number of sulfonamides is 1. The summed E-state index contributed by atoms with van der Waals surface area (Å²) in [6, 6.07) is 18.9. The fourth-order valence-corrected chi connectivity index (χ4v) is 4.38. The second-order valence-electron chi connectivity index (χ2n) is 6.27. The van der Waals surface area contributed by atoms with Crippen LogP contribution in [0.15, 0.2) is 77.7 Å². The van der Waals surface area contributed by atoms with Gasteiger partial charge in [0.1, 0.15) is 5.75 Å². The molecule has 0 fully saturated rings. The maximum atomic E-state index is 13.4. The highest BCUT2D eigenvalue weighted by atomic mass is 35.5. The van der Waals surface area contributed by atoms with E-state index in [1.165, 1.54) is 24.3 Å². The Morgan fingerprint density at radius 3 is 2.17 bits per heavy atom. The lowest BCUT2D eigenvalue weighted by Gasteiger charge is -2.23. The summed E-state index contributed by atoms with van der Waals surface area (Å²) in [4.78, 5) is 13.3. The van der Waals surface area contributed by atoms with E-state index in [1.807, 2.05) is 6.92 Å². The molecule has 150 valence electrons. The van der Waals surface area contributed by atoms with E-state index in [1.54, 1.807) is 55.5 Å². The van der Waals surface area contributed by atoms with Crippen molar-refractivity contribution >= 4 is 33.2 Å². The largest absolute Gasteiger partial charge is 0.494 e. The Morgan fingerprint density at radius 2 is 1.59 bits per heavy atom. The predicted molar refractivity (Wildman–Crippen MR) is 114 cm³/mol. The average molecular weight is 430 g/mol. The summed E-state index contributed by atoms with van der Waals surface area (Å²) in [5.74, 6) is -0.0503. The molecular formula is C22H20ClNO4S. The monoisotopic (exact) mass is 429 g/mol. The zero-order valence-electron chi connectivity index (χ0n) is 16.0. The van der Waals surface area contributed by atoms with Gasteiger partial charge in [0, 0.05) is 10.6 Å². The highest BCUT2D eigenvalue weighted by Crippen LogP contribution is 2.29. The molecule has 0 aliphatic rings. The SMILES string of the molecule is CCOc1ccc(N(C(=O)c2ccccc2C)S(=O)(=O)c2ccc(Cl)cc2)cc1. The van der Waals surface area contributed by atoms with Crippen molar-refractivity contribution in [2.24, 2.45) is 0 Å². The summed E-state index contributed by atoms with van der Waals surface area (Å²) in [5.41, 5.74) is 1.20. The summed E-state index contributed by atoms with van der Waals surface area (Å²) >= 11 is 5.90. The van der Waals surface area contributed by atoms with Crippen LogP contribution in [0.1, 0.15) is 22.8 Å². The number of rotatable bonds is 6. The summed E-state index contributed by atoms with van der Waals surface area (Å²) in [7, 11) is -4.18. The van der Waals surface area contributed by atoms with Gasteiger partial charge in [0.25, 0.3) is 15.9 Å². The van der Waals surface area contributed by atoms with Gasteiger partial charge in [-0.05, 0) is 74.0 Å². The summed E-state index contributed by atoms with van der Waals surface area (Å²) < 4.78 is 33.1. The number of aryl methyl sites for hydroxylation is 1. The Labute approximate surface area is 175 Å².